The molecular formula is C15H26ClN5. The summed E-state index contributed by atoms with van der Waals surface area (Å²) in [6, 6.07) is 0. The van der Waals surface area contributed by atoms with Gasteiger partial charge in [-0.05, 0) is 51.7 Å². The van der Waals surface area contributed by atoms with Gasteiger partial charge >= 0.3 is 0 Å². The van der Waals surface area contributed by atoms with Gasteiger partial charge in [-0.15, -0.1) is 0 Å². The molecule has 1 aromatic rings. The first-order valence-electron chi connectivity index (χ1n) is 7.88. The van der Waals surface area contributed by atoms with Gasteiger partial charge in [0.05, 0.1) is 6.20 Å². The number of likely N-dealkylation sites (tertiary alicyclic amines) is 1. The molecule has 1 saturated heterocycles. The number of hydrogen-bond donors (Lipinski definition) is 2. The summed E-state index contributed by atoms with van der Waals surface area (Å²) in [4.78, 5) is 11.0. The highest BCUT2D eigenvalue weighted by Crippen LogP contribution is 2.22. The van der Waals surface area contributed by atoms with Gasteiger partial charge < -0.3 is 15.5 Å². The first-order chi connectivity index (χ1) is 10.2. The van der Waals surface area contributed by atoms with Gasteiger partial charge in [-0.2, -0.15) is 4.98 Å². The lowest BCUT2D eigenvalue weighted by atomic mass is 9.94. The van der Waals surface area contributed by atoms with Crippen molar-refractivity contribution >= 4 is 23.4 Å². The highest BCUT2D eigenvalue weighted by Gasteiger charge is 2.16. The third-order valence-electron chi connectivity index (χ3n) is 3.96. The molecule has 5 nitrogen and oxygen atoms in total. The van der Waals surface area contributed by atoms with Crippen molar-refractivity contribution in [1.29, 1.82) is 0 Å². The van der Waals surface area contributed by atoms with Crippen molar-refractivity contribution in [3.63, 3.8) is 0 Å². The number of nitrogens with one attached hydrogen (secondary N) is 2. The SMILES string of the molecule is CCCNc1ncc(Cl)c(NCCC2CCN(C)CC2)n1. The first-order valence-corrected chi connectivity index (χ1v) is 8.25. The maximum Gasteiger partial charge on any atom is 0.224 e. The Kier molecular flexibility index (Phi) is 6.51. The van der Waals surface area contributed by atoms with Gasteiger partial charge in [0.25, 0.3) is 0 Å². The van der Waals surface area contributed by atoms with E-state index in [1.54, 1.807) is 6.20 Å². The summed E-state index contributed by atoms with van der Waals surface area (Å²) in [5.74, 6) is 2.19. The Morgan fingerprint density at radius 3 is 2.76 bits per heavy atom. The zero-order valence-corrected chi connectivity index (χ0v) is 13.8. The summed E-state index contributed by atoms with van der Waals surface area (Å²) < 4.78 is 0. The minimum absolute atomic E-state index is 0.584. The van der Waals surface area contributed by atoms with E-state index in [1.165, 1.54) is 32.4 Å². The maximum atomic E-state index is 6.15. The summed E-state index contributed by atoms with van der Waals surface area (Å²) in [6.07, 6.45) is 6.46. The molecule has 0 spiro atoms. The maximum absolute atomic E-state index is 6.15. The Balaban J connectivity index is 1.79. The molecule has 0 unspecified atom stereocenters. The second-order valence-corrected chi connectivity index (χ2v) is 6.19. The average molecular weight is 312 g/mol. The van der Waals surface area contributed by atoms with Crippen LogP contribution in [0.2, 0.25) is 5.02 Å². The van der Waals surface area contributed by atoms with Crippen LogP contribution < -0.4 is 10.6 Å². The summed E-state index contributed by atoms with van der Waals surface area (Å²) in [7, 11) is 2.19. The zero-order chi connectivity index (χ0) is 15.1. The summed E-state index contributed by atoms with van der Waals surface area (Å²) >= 11 is 6.15. The quantitative estimate of drug-likeness (QED) is 0.810. The monoisotopic (exact) mass is 311 g/mol. The highest BCUT2D eigenvalue weighted by molar-refractivity contribution is 6.32. The fourth-order valence-corrected chi connectivity index (χ4v) is 2.72. The van der Waals surface area contributed by atoms with Gasteiger partial charge in [-0.3, -0.25) is 0 Å². The molecule has 118 valence electrons. The summed E-state index contributed by atoms with van der Waals surface area (Å²) in [5.41, 5.74) is 0. The molecule has 0 radical (unpaired) electrons. The van der Waals surface area contributed by atoms with Gasteiger partial charge in [0.15, 0.2) is 0 Å². The predicted octanol–water partition coefficient (Wildman–Crippen LogP) is 3.10. The van der Waals surface area contributed by atoms with Crippen LogP contribution in [0.4, 0.5) is 11.8 Å². The molecule has 1 fully saturated rings. The van der Waals surface area contributed by atoms with Gasteiger partial charge in [0, 0.05) is 13.1 Å². The minimum atomic E-state index is 0.584. The molecule has 6 heteroatoms. The van der Waals surface area contributed by atoms with E-state index in [2.05, 4.69) is 39.5 Å². The van der Waals surface area contributed by atoms with E-state index in [9.17, 15) is 0 Å². The molecule has 1 aliphatic rings. The summed E-state index contributed by atoms with van der Waals surface area (Å²) in [5, 5.41) is 7.12. The van der Waals surface area contributed by atoms with Gasteiger partial charge in [0.1, 0.15) is 10.8 Å². The Morgan fingerprint density at radius 1 is 1.29 bits per heavy atom. The van der Waals surface area contributed by atoms with Crippen LogP contribution >= 0.6 is 11.6 Å². The standard InChI is InChI=1S/C15H26ClN5/c1-3-7-18-15-19-11-13(16)14(20-15)17-8-4-12-5-9-21(2)10-6-12/h11-12H,3-10H2,1-2H3,(H2,17,18,19,20). The fourth-order valence-electron chi connectivity index (χ4n) is 2.56. The number of piperidine rings is 1. The van der Waals surface area contributed by atoms with E-state index in [0.29, 0.717) is 11.0 Å². The van der Waals surface area contributed by atoms with Crippen LogP contribution in [0.1, 0.15) is 32.6 Å². The molecular weight excluding hydrogens is 286 g/mol. The summed E-state index contributed by atoms with van der Waals surface area (Å²) in [6.45, 7) is 6.33. The second-order valence-electron chi connectivity index (χ2n) is 5.78. The fraction of sp³-hybridized carbons (Fsp3) is 0.733. The largest absolute Gasteiger partial charge is 0.369 e. The molecule has 2 heterocycles. The molecule has 0 amide bonds. The zero-order valence-electron chi connectivity index (χ0n) is 13.0. The van der Waals surface area contributed by atoms with E-state index >= 15 is 0 Å². The van der Waals surface area contributed by atoms with Gasteiger partial charge in [-0.25, -0.2) is 4.98 Å². The Hall–Kier alpha value is -1.07. The third kappa shape index (κ3) is 5.32. The lowest BCUT2D eigenvalue weighted by molar-refractivity contribution is 0.215. The molecule has 0 aromatic carbocycles. The van der Waals surface area contributed by atoms with Gasteiger partial charge in [0.2, 0.25) is 5.95 Å². The van der Waals surface area contributed by atoms with Gasteiger partial charge in [-0.1, -0.05) is 18.5 Å². The number of rotatable bonds is 7. The van der Waals surface area contributed by atoms with Crippen LogP contribution in [-0.2, 0) is 0 Å². The molecule has 0 saturated carbocycles. The van der Waals surface area contributed by atoms with Crippen LogP contribution in [0.15, 0.2) is 6.20 Å². The Bertz CT molecular complexity index is 432. The normalized spacial score (nSPS) is 16.9. The topological polar surface area (TPSA) is 53.1 Å². The number of nitrogens with zero attached hydrogens (tertiary/aromatic N) is 3. The molecule has 1 aromatic heterocycles. The molecule has 21 heavy (non-hydrogen) atoms. The highest BCUT2D eigenvalue weighted by atomic mass is 35.5. The van der Waals surface area contributed by atoms with Crippen molar-refractivity contribution in [2.45, 2.75) is 32.6 Å². The minimum Gasteiger partial charge on any atom is -0.369 e. The van der Waals surface area contributed by atoms with E-state index in [-0.39, 0.29) is 0 Å². The molecule has 1 aliphatic heterocycles. The van der Waals surface area contributed by atoms with Crippen molar-refractivity contribution in [3.8, 4) is 0 Å². The molecule has 0 atom stereocenters. The number of hydrogen-bond acceptors (Lipinski definition) is 5. The number of halogens is 1. The molecule has 2 N–H and O–H groups in total. The van der Waals surface area contributed by atoms with Crippen LogP contribution in [0.5, 0.6) is 0 Å². The first kappa shape index (κ1) is 16.3. The van der Waals surface area contributed by atoms with Crippen LogP contribution in [0, 0.1) is 5.92 Å². The van der Waals surface area contributed by atoms with E-state index in [1.807, 2.05) is 0 Å². The van der Waals surface area contributed by atoms with Crippen molar-refractivity contribution in [2.24, 2.45) is 5.92 Å². The van der Waals surface area contributed by atoms with E-state index in [0.717, 1.165) is 31.2 Å². The lowest BCUT2D eigenvalue weighted by Gasteiger charge is -2.28. The average Bonchev–Trinajstić information content (AvgIpc) is 2.50. The molecule has 0 bridgehead atoms. The van der Waals surface area contributed by atoms with Crippen LogP contribution in [0.25, 0.3) is 0 Å². The number of anilines is 2. The van der Waals surface area contributed by atoms with E-state index < -0.39 is 0 Å². The molecule has 2 rings (SSSR count). The van der Waals surface area contributed by atoms with Crippen molar-refractivity contribution in [2.75, 3.05) is 43.9 Å². The predicted molar refractivity (Wildman–Crippen MR) is 89.2 cm³/mol. The van der Waals surface area contributed by atoms with Crippen molar-refractivity contribution < 1.29 is 0 Å². The van der Waals surface area contributed by atoms with Crippen LogP contribution in [-0.4, -0.2) is 48.1 Å². The van der Waals surface area contributed by atoms with Crippen LogP contribution in [0.3, 0.4) is 0 Å². The Morgan fingerprint density at radius 2 is 2.05 bits per heavy atom. The lowest BCUT2D eigenvalue weighted by Crippen LogP contribution is -2.30. The van der Waals surface area contributed by atoms with Crippen molar-refractivity contribution in [3.05, 3.63) is 11.2 Å². The Labute approximate surface area is 132 Å². The third-order valence-corrected chi connectivity index (χ3v) is 4.24. The smallest absolute Gasteiger partial charge is 0.224 e. The second kappa shape index (κ2) is 8.39. The van der Waals surface area contributed by atoms with Crippen molar-refractivity contribution in [1.82, 2.24) is 14.9 Å². The molecule has 0 aliphatic carbocycles. The van der Waals surface area contributed by atoms with E-state index in [4.69, 9.17) is 11.6 Å². The number of aromatic nitrogens is 2.